The van der Waals surface area contributed by atoms with Crippen LogP contribution < -0.4 is 4.72 Å². The third-order valence-electron chi connectivity index (χ3n) is 3.32. The molecule has 1 N–H and O–H groups in total. The van der Waals surface area contributed by atoms with E-state index < -0.39 is 19.9 Å². The predicted octanol–water partition coefficient (Wildman–Crippen LogP) is 2.79. The number of benzene rings is 1. The molecule has 21 heavy (non-hydrogen) atoms. The molecule has 0 saturated heterocycles. The Labute approximate surface area is 128 Å². The summed E-state index contributed by atoms with van der Waals surface area (Å²) in [5.74, 6) is 0.456. The molecule has 1 aromatic rings. The van der Waals surface area contributed by atoms with E-state index in [0.717, 1.165) is 11.1 Å². The van der Waals surface area contributed by atoms with E-state index in [4.69, 9.17) is 0 Å². The summed E-state index contributed by atoms with van der Waals surface area (Å²) in [5.41, 5.74) is 1.99. The molecule has 0 saturated carbocycles. The Kier molecular flexibility index (Phi) is 6.37. The summed E-state index contributed by atoms with van der Waals surface area (Å²) in [6.07, 6.45) is 0.594. The minimum Gasteiger partial charge on any atom is -0.249 e. The second-order valence-corrected chi connectivity index (χ2v) is 9.37. The van der Waals surface area contributed by atoms with Crippen molar-refractivity contribution < 1.29 is 12.6 Å². The Morgan fingerprint density at radius 1 is 1.05 bits per heavy atom. The summed E-state index contributed by atoms with van der Waals surface area (Å²) < 4.78 is 42.6. The highest BCUT2D eigenvalue weighted by Crippen LogP contribution is 2.19. The fraction of sp³-hybridized carbons (Fsp3) is 0.571. The third-order valence-corrected chi connectivity index (χ3v) is 7.57. The van der Waals surface area contributed by atoms with Crippen molar-refractivity contribution in [2.75, 3.05) is 11.5 Å². The second-order valence-electron chi connectivity index (χ2n) is 4.89. The molecule has 0 aliphatic rings. The Bertz CT molecular complexity index is 663. The summed E-state index contributed by atoms with van der Waals surface area (Å²) >= 11 is 0. The minimum absolute atomic E-state index is 0.228. The molecule has 0 heterocycles. The molecule has 0 spiro atoms. The molecule has 1 rings (SSSR count). The first kappa shape index (κ1) is 18.1. The molecule has 5 nitrogen and oxygen atoms in total. The van der Waals surface area contributed by atoms with Crippen LogP contribution in [0.3, 0.4) is 0 Å². The van der Waals surface area contributed by atoms with E-state index in [-0.39, 0.29) is 17.5 Å². The van der Waals surface area contributed by atoms with Crippen LogP contribution in [-0.4, -0.2) is 24.1 Å². The standard InChI is InChI=1S/C14H24N2O3S2/c1-5-14(13-10-8-12(4)9-11-13)15-21(18,19)16-20(17,6-2)7-3/h8-11,14-15H,5-7H2,1-4H3. The van der Waals surface area contributed by atoms with Gasteiger partial charge in [-0.2, -0.15) is 13.1 Å². The quantitative estimate of drug-likeness (QED) is 0.834. The molecule has 1 unspecified atom stereocenters. The molecule has 7 heteroatoms. The van der Waals surface area contributed by atoms with Crippen molar-refractivity contribution in [3.05, 3.63) is 35.4 Å². The van der Waals surface area contributed by atoms with Crippen molar-refractivity contribution in [2.24, 2.45) is 3.77 Å². The zero-order valence-electron chi connectivity index (χ0n) is 13.0. The first-order chi connectivity index (χ1) is 9.75. The van der Waals surface area contributed by atoms with E-state index in [1.807, 2.05) is 38.1 Å². The maximum Gasteiger partial charge on any atom is 0.328 e. The van der Waals surface area contributed by atoms with E-state index in [1.54, 1.807) is 13.8 Å². The zero-order chi connectivity index (χ0) is 16.1. The monoisotopic (exact) mass is 332 g/mol. The summed E-state index contributed by atoms with van der Waals surface area (Å²) in [4.78, 5) is 0. The lowest BCUT2D eigenvalue weighted by atomic mass is 10.0. The van der Waals surface area contributed by atoms with Crippen LogP contribution in [0.4, 0.5) is 0 Å². The maximum absolute atomic E-state index is 12.2. The smallest absolute Gasteiger partial charge is 0.249 e. The summed E-state index contributed by atoms with van der Waals surface area (Å²) in [6.45, 7) is 7.23. The van der Waals surface area contributed by atoms with Gasteiger partial charge >= 0.3 is 10.2 Å². The number of nitrogens with zero attached hydrogens (tertiary/aromatic N) is 1. The van der Waals surface area contributed by atoms with Gasteiger partial charge in [0.05, 0.1) is 9.73 Å². The summed E-state index contributed by atoms with van der Waals surface area (Å²) in [5, 5.41) is 0. The third kappa shape index (κ3) is 5.41. The molecular formula is C14H24N2O3S2. The normalized spacial score (nSPS) is 13.9. The highest BCUT2D eigenvalue weighted by Gasteiger charge is 2.19. The molecule has 1 aromatic carbocycles. The van der Waals surface area contributed by atoms with Crippen molar-refractivity contribution in [2.45, 2.75) is 40.2 Å². The Hall–Kier alpha value is -0.920. The Balaban J connectivity index is 3.06. The number of hydrogen-bond acceptors (Lipinski definition) is 3. The number of hydrogen-bond donors (Lipinski definition) is 1. The predicted molar refractivity (Wildman–Crippen MR) is 87.9 cm³/mol. The largest absolute Gasteiger partial charge is 0.328 e. The van der Waals surface area contributed by atoms with E-state index in [2.05, 4.69) is 8.49 Å². The topological polar surface area (TPSA) is 75.6 Å². The molecule has 0 bridgehead atoms. The van der Waals surface area contributed by atoms with Gasteiger partial charge in [0.2, 0.25) is 0 Å². The first-order valence-corrected chi connectivity index (χ1v) is 10.4. The van der Waals surface area contributed by atoms with Crippen LogP contribution in [0.2, 0.25) is 0 Å². The molecule has 0 aliphatic heterocycles. The average molecular weight is 332 g/mol. The van der Waals surface area contributed by atoms with E-state index in [0.29, 0.717) is 6.42 Å². The second kappa shape index (κ2) is 7.38. The highest BCUT2D eigenvalue weighted by molar-refractivity contribution is 8.02. The van der Waals surface area contributed by atoms with Gasteiger partial charge in [-0.3, -0.25) is 0 Å². The molecule has 0 radical (unpaired) electrons. The van der Waals surface area contributed by atoms with Gasteiger partial charge in [-0.1, -0.05) is 54.4 Å². The van der Waals surface area contributed by atoms with Gasteiger partial charge in [0.15, 0.2) is 0 Å². The van der Waals surface area contributed by atoms with Gasteiger partial charge in [0.25, 0.3) is 0 Å². The minimum atomic E-state index is -3.93. The Morgan fingerprint density at radius 2 is 1.57 bits per heavy atom. The van der Waals surface area contributed by atoms with Crippen LogP contribution in [0.5, 0.6) is 0 Å². The van der Waals surface area contributed by atoms with Crippen molar-refractivity contribution >= 4 is 19.9 Å². The lowest BCUT2D eigenvalue weighted by molar-refractivity contribution is 0.552. The van der Waals surface area contributed by atoms with Crippen LogP contribution in [-0.2, 0) is 19.9 Å². The molecule has 120 valence electrons. The number of rotatable bonds is 7. The van der Waals surface area contributed by atoms with Gasteiger partial charge < -0.3 is 0 Å². The number of aryl methyl sites for hydroxylation is 1. The average Bonchev–Trinajstić information content (AvgIpc) is 2.45. The summed E-state index contributed by atoms with van der Waals surface area (Å²) in [7, 11) is -6.62. The van der Waals surface area contributed by atoms with Crippen LogP contribution >= 0.6 is 0 Å². The van der Waals surface area contributed by atoms with Crippen molar-refractivity contribution in [3.8, 4) is 0 Å². The fourth-order valence-corrected chi connectivity index (χ4v) is 5.39. The SMILES string of the molecule is CCC(NS(=O)(=O)N=S(=O)(CC)CC)c1ccc(C)cc1. The zero-order valence-corrected chi connectivity index (χ0v) is 14.6. The van der Waals surface area contributed by atoms with Gasteiger partial charge in [-0.25, -0.2) is 4.21 Å². The van der Waals surface area contributed by atoms with Crippen molar-refractivity contribution in [3.63, 3.8) is 0 Å². The van der Waals surface area contributed by atoms with E-state index >= 15 is 0 Å². The van der Waals surface area contributed by atoms with Crippen molar-refractivity contribution in [1.82, 2.24) is 4.72 Å². The van der Waals surface area contributed by atoms with Crippen molar-refractivity contribution in [1.29, 1.82) is 0 Å². The van der Waals surface area contributed by atoms with E-state index in [9.17, 15) is 12.6 Å². The molecule has 0 amide bonds. The van der Waals surface area contributed by atoms with Crippen LogP contribution in [0, 0.1) is 6.92 Å². The highest BCUT2D eigenvalue weighted by atomic mass is 32.3. The first-order valence-electron chi connectivity index (χ1n) is 7.07. The lowest BCUT2D eigenvalue weighted by Crippen LogP contribution is -2.28. The summed E-state index contributed by atoms with van der Waals surface area (Å²) in [6, 6.07) is 7.29. The van der Waals surface area contributed by atoms with Gasteiger partial charge in [0.1, 0.15) is 0 Å². The molecule has 0 fully saturated rings. The van der Waals surface area contributed by atoms with E-state index in [1.165, 1.54) is 0 Å². The Morgan fingerprint density at radius 3 is 2.00 bits per heavy atom. The fourth-order valence-electron chi connectivity index (χ4n) is 1.88. The van der Waals surface area contributed by atoms with Crippen LogP contribution in [0.1, 0.15) is 44.4 Å². The van der Waals surface area contributed by atoms with Crippen LogP contribution in [0.15, 0.2) is 28.0 Å². The van der Waals surface area contributed by atoms with Gasteiger partial charge in [-0.05, 0) is 18.9 Å². The molecule has 0 aromatic heterocycles. The molecular weight excluding hydrogens is 308 g/mol. The van der Waals surface area contributed by atoms with Gasteiger partial charge in [0, 0.05) is 17.5 Å². The van der Waals surface area contributed by atoms with Crippen LogP contribution in [0.25, 0.3) is 0 Å². The molecule has 0 aliphatic carbocycles. The maximum atomic E-state index is 12.2. The lowest BCUT2D eigenvalue weighted by Gasteiger charge is -2.16. The molecule has 1 atom stereocenters. The van der Waals surface area contributed by atoms with Gasteiger partial charge in [-0.15, -0.1) is 0 Å². The number of nitrogens with one attached hydrogen (secondary N) is 1.